The van der Waals surface area contributed by atoms with E-state index >= 15 is 0 Å². The average molecular weight is 257 g/mol. The zero-order valence-electron chi connectivity index (χ0n) is 9.07. The van der Waals surface area contributed by atoms with Gasteiger partial charge in [-0.3, -0.25) is 9.59 Å². The van der Waals surface area contributed by atoms with E-state index in [4.69, 9.17) is 9.84 Å². The first-order valence-corrected chi connectivity index (χ1v) is 5.03. The fraction of sp³-hybridized carbons (Fsp3) is 0.273. The molecule has 0 aromatic heterocycles. The number of amides is 1. The summed E-state index contributed by atoms with van der Waals surface area (Å²) >= 11 is 0. The Labute approximate surface area is 100 Å². The fourth-order valence-corrected chi connectivity index (χ4v) is 1.53. The average Bonchev–Trinajstić information content (AvgIpc) is 2.11. The van der Waals surface area contributed by atoms with Gasteiger partial charge in [-0.1, -0.05) is 0 Å². The van der Waals surface area contributed by atoms with Crippen LogP contribution in [0.4, 0.5) is 14.5 Å². The Balaban J connectivity index is 2.18. The van der Waals surface area contributed by atoms with Crippen molar-refractivity contribution in [3.8, 4) is 0 Å². The van der Waals surface area contributed by atoms with Crippen molar-refractivity contribution in [3.05, 3.63) is 29.8 Å². The van der Waals surface area contributed by atoms with E-state index in [2.05, 4.69) is 5.32 Å². The molecule has 0 saturated carbocycles. The van der Waals surface area contributed by atoms with E-state index < -0.39 is 28.9 Å². The zero-order valence-corrected chi connectivity index (χ0v) is 9.07. The normalized spacial score (nSPS) is 16.8. The number of carbonyl (C=O) groups is 2. The van der Waals surface area contributed by atoms with Crippen LogP contribution >= 0.6 is 0 Å². The summed E-state index contributed by atoms with van der Waals surface area (Å²) in [5.41, 5.74) is -1.81. The van der Waals surface area contributed by atoms with Crippen molar-refractivity contribution in [2.24, 2.45) is 5.41 Å². The standard InChI is InChI=1S/C11H9F2NO4/c12-6-1-7(13)3-8(2-6)14-9(15)11(10(16)17)4-18-5-11/h1-3H,4-5H2,(H,14,15)(H,16,17). The van der Waals surface area contributed by atoms with Crippen molar-refractivity contribution in [1.82, 2.24) is 0 Å². The molecule has 1 aromatic carbocycles. The van der Waals surface area contributed by atoms with Crippen LogP contribution in [0.3, 0.4) is 0 Å². The highest BCUT2D eigenvalue weighted by atomic mass is 19.1. The molecule has 0 bridgehead atoms. The lowest BCUT2D eigenvalue weighted by atomic mass is 9.85. The van der Waals surface area contributed by atoms with Crippen molar-refractivity contribution in [3.63, 3.8) is 0 Å². The van der Waals surface area contributed by atoms with Gasteiger partial charge in [-0.2, -0.15) is 0 Å². The molecular formula is C11H9F2NO4. The molecule has 0 atom stereocenters. The molecule has 96 valence electrons. The first-order chi connectivity index (χ1) is 8.44. The molecule has 1 aromatic rings. The molecule has 7 heteroatoms. The van der Waals surface area contributed by atoms with E-state index in [1.54, 1.807) is 0 Å². The Morgan fingerprint density at radius 2 is 1.78 bits per heavy atom. The highest BCUT2D eigenvalue weighted by Gasteiger charge is 2.53. The minimum atomic E-state index is -1.68. The first-order valence-electron chi connectivity index (χ1n) is 5.03. The smallest absolute Gasteiger partial charge is 0.324 e. The second-order valence-electron chi connectivity index (χ2n) is 3.99. The van der Waals surface area contributed by atoms with Gasteiger partial charge in [0.25, 0.3) is 0 Å². The van der Waals surface area contributed by atoms with Crippen LogP contribution in [-0.4, -0.2) is 30.2 Å². The molecule has 1 heterocycles. The summed E-state index contributed by atoms with van der Waals surface area (Å²) in [6.07, 6.45) is 0. The fourth-order valence-electron chi connectivity index (χ4n) is 1.53. The number of benzene rings is 1. The number of rotatable bonds is 3. The molecule has 2 rings (SSSR count). The third-order valence-corrected chi connectivity index (χ3v) is 2.66. The maximum absolute atomic E-state index is 12.9. The Morgan fingerprint density at radius 1 is 1.22 bits per heavy atom. The Hall–Kier alpha value is -2.02. The van der Waals surface area contributed by atoms with E-state index in [-0.39, 0.29) is 18.9 Å². The van der Waals surface area contributed by atoms with Crippen molar-refractivity contribution < 1.29 is 28.2 Å². The predicted octanol–water partition coefficient (Wildman–Crippen LogP) is 1.00. The van der Waals surface area contributed by atoms with Crippen LogP contribution in [0, 0.1) is 17.0 Å². The van der Waals surface area contributed by atoms with Crippen LogP contribution in [0.25, 0.3) is 0 Å². The number of nitrogens with one attached hydrogen (secondary N) is 1. The zero-order chi connectivity index (χ0) is 13.3. The van der Waals surface area contributed by atoms with Crippen LogP contribution in [0.5, 0.6) is 0 Å². The molecule has 1 amide bonds. The summed E-state index contributed by atoms with van der Waals surface area (Å²) in [7, 11) is 0. The number of halogens is 2. The summed E-state index contributed by atoms with van der Waals surface area (Å²) in [5.74, 6) is -3.91. The summed E-state index contributed by atoms with van der Waals surface area (Å²) in [6, 6.07) is 2.45. The molecule has 0 aliphatic carbocycles. The Kier molecular flexibility index (Phi) is 3.00. The van der Waals surface area contributed by atoms with Gasteiger partial charge in [-0.25, -0.2) is 8.78 Å². The molecule has 0 radical (unpaired) electrons. The van der Waals surface area contributed by atoms with E-state index in [9.17, 15) is 18.4 Å². The van der Waals surface area contributed by atoms with Gasteiger partial charge in [0.15, 0.2) is 5.41 Å². The quantitative estimate of drug-likeness (QED) is 0.792. The molecule has 0 spiro atoms. The van der Waals surface area contributed by atoms with Crippen LogP contribution in [0.2, 0.25) is 0 Å². The topological polar surface area (TPSA) is 75.6 Å². The van der Waals surface area contributed by atoms with Gasteiger partial charge in [0.1, 0.15) is 11.6 Å². The van der Waals surface area contributed by atoms with Crippen LogP contribution in [0.1, 0.15) is 0 Å². The van der Waals surface area contributed by atoms with Gasteiger partial charge in [0, 0.05) is 11.8 Å². The van der Waals surface area contributed by atoms with Crippen molar-refractivity contribution in [2.45, 2.75) is 0 Å². The highest BCUT2D eigenvalue weighted by Crippen LogP contribution is 2.29. The molecule has 0 unspecified atom stereocenters. The molecule has 2 N–H and O–H groups in total. The first kappa shape index (κ1) is 12.4. The minimum absolute atomic E-state index is 0.134. The van der Waals surface area contributed by atoms with Gasteiger partial charge >= 0.3 is 5.97 Å². The van der Waals surface area contributed by atoms with Gasteiger partial charge in [-0.05, 0) is 12.1 Å². The molecular weight excluding hydrogens is 248 g/mol. The molecule has 1 fully saturated rings. The summed E-state index contributed by atoms with van der Waals surface area (Å²) in [4.78, 5) is 22.7. The van der Waals surface area contributed by atoms with Gasteiger partial charge in [0.05, 0.1) is 13.2 Å². The SMILES string of the molecule is O=C(O)C1(C(=O)Nc2cc(F)cc(F)c2)COC1. The monoisotopic (exact) mass is 257 g/mol. The van der Waals surface area contributed by atoms with Crippen LogP contribution in [0.15, 0.2) is 18.2 Å². The van der Waals surface area contributed by atoms with Gasteiger partial charge in [0.2, 0.25) is 5.91 Å². The summed E-state index contributed by atoms with van der Waals surface area (Å²) in [6.45, 7) is -0.516. The Bertz CT molecular complexity index is 494. The number of anilines is 1. The van der Waals surface area contributed by atoms with E-state index in [0.717, 1.165) is 12.1 Å². The Morgan fingerprint density at radius 3 is 2.17 bits per heavy atom. The lowest BCUT2D eigenvalue weighted by molar-refractivity contribution is -0.182. The second-order valence-corrected chi connectivity index (χ2v) is 3.99. The number of aliphatic carboxylic acids is 1. The lowest BCUT2D eigenvalue weighted by Crippen LogP contribution is -2.57. The maximum Gasteiger partial charge on any atom is 0.324 e. The molecule has 1 saturated heterocycles. The van der Waals surface area contributed by atoms with E-state index in [1.165, 1.54) is 0 Å². The maximum atomic E-state index is 12.9. The number of hydrogen-bond acceptors (Lipinski definition) is 3. The number of ether oxygens (including phenoxy) is 1. The third-order valence-electron chi connectivity index (χ3n) is 2.66. The van der Waals surface area contributed by atoms with Crippen molar-refractivity contribution in [1.29, 1.82) is 0 Å². The van der Waals surface area contributed by atoms with Gasteiger partial charge < -0.3 is 15.2 Å². The molecule has 1 aliphatic rings. The van der Waals surface area contributed by atoms with Crippen LogP contribution < -0.4 is 5.32 Å². The largest absolute Gasteiger partial charge is 0.480 e. The predicted molar refractivity (Wildman–Crippen MR) is 55.9 cm³/mol. The highest BCUT2D eigenvalue weighted by molar-refractivity contribution is 6.09. The number of carboxylic acid groups (broad SMARTS) is 1. The minimum Gasteiger partial charge on any atom is -0.480 e. The number of carbonyl (C=O) groups excluding carboxylic acids is 1. The van der Waals surface area contributed by atoms with Crippen molar-refractivity contribution >= 4 is 17.6 Å². The summed E-state index contributed by atoms with van der Waals surface area (Å²) < 4.78 is 30.5. The molecule has 18 heavy (non-hydrogen) atoms. The second kappa shape index (κ2) is 4.34. The van der Waals surface area contributed by atoms with E-state index in [0.29, 0.717) is 6.07 Å². The number of carboxylic acids is 1. The summed E-state index contributed by atoms with van der Waals surface area (Å²) in [5, 5.41) is 11.1. The number of hydrogen-bond donors (Lipinski definition) is 2. The molecule has 5 nitrogen and oxygen atoms in total. The van der Waals surface area contributed by atoms with Crippen LogP contribution in [-0.2, 0) is 14.3 Å². The van der Waals surface area contributed by atoms with E-state index in [1.807, 2.05) is 0 Å². The van der Waals surface area contributed by atoms with Gasteiger partial charge in [-0.15, -0.1) is 0 Å². The van der Waals surface area contributed by atoms with Crippen molar-refractivity contribution in [2.75, 3.05) is 18.5 Å². The lowest BCUT2D eigenvalue weighted by Gasteiger charge is -2.35. The molecule has 1 aliphatic heterocycles. The third kappa shape index (κ3) is 2.04.